The second-order valence-corrected chi connectivity index (χ2v) is 10.6. The lowest BCUT2D eigenvalue weighted by Crippen LogP contribution is -2.51. The summed E-state index contributed by atoms with van der Waals surface area (Å²) in [5.74, 6) is -1.21. The Morgan fingerprint density at radius 2 is 1.78 bits per heavy atom. The molecule has 2 amide bonds. The number of carbonyl (C=O) groups excluding carboxylic acids is 2. The van der Waals surface area contributed by atoms with Gasteiger partial charge in [-0.15, -0.1) is 0 Å². The zero-order valence-corrected chi connectivity index (χ0v) is 21.8. The summed E-state index contributed by atoms with van der Waals surface area (Å²) < 4.78 is 65.3. The van der Waals surface area contributed by atoms with E-state index in [1.165, 1.54) is 17.9 Å². The van der Waals surface area contributed by atoms with E-state index in [1.54, 1.807) is 24.3 Å². The topological polar surface area (TPSA) is 86.8 Å². The third-order valence-electron chi connectivity index (χ3n) is 5.38. The van der Waals surface area contributed by atoms with Crippen LogP contribution in [0.5, 0.6) is 0 Å². The predicted molar refractivity (Wildman–Crippen MR) is 133 cm³/mol. The fourth-order valence-corrected chi connectivity index (χ4v) is 4.46. The van der Waals surface area contributed by atoms with E-state index >= 15 is 0 Å². The van der Waals surface area contributed by atoms with Crippen LogP contribution in [0.15, 0.2) is 48.5 Å². The van der Waals surface area contributed by atoms with E-state index in [2.05, 4.69) is 5.32 Å². The minimum atomic E-state index is -4.70. The Morgan fingerprint density at radius 1 is 1.11 bits per heavy atom. The second-order valence-electron chi connectivity index (χ2n) is 8.29. The number of alkyl halides is 3. The number of sulfonamides is 1. The van der Waals surface area contributed by atoms with Crippen molar-refractivity contribution in [2.24, 2.45) is 0 Å². The van der Waals surface area contributed by atoms with Crippen molar-refractivity contribution < 1.29 is 31.2 Å². The number of nitrogens with one attached hydrogen (secondary N) is 1. The summed E-state index contributed by atoms with van der Waals surface area (Å²) in [6.45, 7) is 2.99. The molecular formula is C24H29ClF3N3O4S. The summed E-state index contributed by atoms with van der Waals surface area (Å²) in [7, 11) is -4.16. The van der Waals surface area contributed by atoms with Crippen LogP contribution in [0, 0.1) is 0 Å². The Balaban J connectivity index is 2.41. The van der Waals surface area contributed by atoms with Gasteiger partial charge in [0.1, 0.15) is 12.6 Å². The highest BCUT2D eigenvalue weighted by molar-refractivity contribution is 7.92. The van der Waals surface area contributed by atoms with Gasteiger partial charge in [0, 0.05) is 18.1 Å². The molecule has 2 rings (SSSR count). The van der Waals surface area contributed by atoms with Crippen molar-refractivity contribution in [3.05, 3.63) is 64.7 Å². The molecule has 2 aromatic carbocycles. The van der Waals surface area contributed by atoms with Gasteiger partial charge in [-0.3, -0.25) is 13.9 Å². The molecule has 7 nitrogen and oxygen atoms in total. The monoisotopic (exact) mass is 547 g/mol. The molecule has 0 aliphatic rings. The van der Waals surface area contributed by atoms with Crippen LogP contribution in [0.25, 0.3) is 0 Å². The molecule has 0 radical (unpaired) electrons. The average Bonchev–Trinajstić information content (AvgIpc) is 2.79. The van der Waals surface area contributed by atoms with E-state index in [4.69, 9.17) is 11.6 Å². The molecule has 0 unspecified atom stereocenters. The predicted octanol–water partition coefficient (Wildman–Crippen LogP) is 4.46. The summed E-state index contributed by atoms with van der Waals surface area (Å²) in [5, 5.41) is 3.14. The maximum atomic E-state index is 13.4. The van der Waals surface area contributed by atoms with Crippen LogP contribution in [0.3, 0.4) is 0 Å². The zero-order chi connectivity index (χ0) is 27.1. The van der Waals surface area contributed by atoms with Gasteiger partial charge in [0.05, 0.1) is 17.5 Å². The molecule has 1 atom stereocenters. The molecule has 2 aromatic rings. The van der Waals surface area contributed by atoms with E-state index < -0.39 is 46.2 Å². The Kier molecular flexibility index (Phi) is 10.2. The molecule has 0 aromatic heterocycles. The lowest BCUT2D eigenvalue weighted by molar-refractivity contribution is -0.139. The van der Waals surface area contributed by atoms with E-state index in [0.717, 1.165) is 31.2 Å². The molecule has 12 heteroatoms. The van der Waals surface area contributed by atoms with E-state index in [9.17, 15) is 31.2 Å². The zero-order valence-electron chi connectivity index (χ0n) is 20.2. The van der Waals surface area contributed by atoms with Crippen molar-refractivity contribution >= 4 is 39.1 Å². The number of anilines is 1. The Labute approximate surface area is 214 Å². The molecule has 0 spiro atoms. The summed E-state index contributed by atoms with van der Waals surface area (Å²) in [6.07, 6.45) is -2.33. The highest BCUT2D eigenvalue weighted by Gasteiger charge is 2.33. The Hall–Kier alpha value is -2.79. The van der Waals surface area contributed by atoms with Crippen LogP contribution >= 0.6 is 11.6 Å². The van der Waals surface area contributed by atoms with Gasteiger partial charge in [0.25, 0.3) is 0 Å². The molecule has 0 fully saturated rings. The highest BCUT2D eigenvalue weighted by atomic mass is 35.5. The number of amides is 2. The normalized spacial score (nSPS) is 12.6. The maximum Gasteiger partial charge on any atom is 0.416 e. The fourth-order valence-electron chi connectivity index (χ4n) is 3.40. The molecule has 0 aliphatic heterocycles. The third kappa shape index (κ3) is 8.41. The largest absolute Gasteiger partial charge is 0.416 e. The smallest absolute Gasteiger partial charge is 0.354 e. The van der Waals surface area contributed by atoms with Gasteiger partial charge in [-0.25, -0.2) is 8.42 Å². The summed E-state index contributed by atoms with van der Waals surface area (Å²) in [6, 6.07) is 9.31. The van der Waals surface area contributed by atoms with Gasteiger partial charge < -0.3 is 10.2 Å². The van der Waals surface area contributed by atoms with Crippen LogP contribution in [0.1, 0.15) is 37.8 Å². The fraction of sp³-hybridized carbons (Fsp3) is 0.417. The van der Waals surface area contributed by atoms with Crippen LogP contribution < -0.4 is 9.62 Å². The molecule has 36 heavy (non-hydrogen) atoms. The summed E-state index contributed by atoms with van der Waals surface area (Å²) >= 11 is 6.05. The van der Waals surface area contributed by atoms with Crippen molar-refractivity contribution in [3.8, 4) is 0 Å². The first kappa shape index (κ1) is 29.4. The first-order valence-electron chi connectivity index (χ1n) is 11.2. The van der Waals surface area contributed by atoms with Gasteiger partial charge in [-0.2, -0.15) is 13.2 Å². The minimum absolute atomic E-state index is 0.0675. The molecular weight excluding hydrogens is 519 g/mol. The number of rotatable bonds is 11. The quantitative estimate of drug-likeness (QED) is 0.421. The number of carbonyl (C=O) groups is 2. The summed E-state index contributed by atoms with van der Waals surface area (Å²) in [4.78, 5) is 27.3. The first-order valence-corrected chi connectivity index (χ1v) is 13.4. The molecule has 0 bridgehead atoms. The highest BCUT2D eigenvalue weighted by Crippen LogP contribution is 2.32. The SMILES string of the molecule is CCCCNC(=O)[C@@H](C)N(Cc1cccc(Cl)c1)C(=O)CN(c1cccc(C(F)(F)F)c1)S(C)(=O)=O. The van der Waals surface area contributed by atoms with E-state index in [-0.39, 0.29) is 12.2 Å². The van der Waals surface area contributed by atoms with Crippen molar-refractivity contribution in [2.45, 2.75) is 45.5 Å². The number of hydrogen-bond donors (Lipinski definition) is 1. The van der Waals surface area contributed by atoms with Gasteiger partial charge >= 0.3 is 6.18 Å². The van der Waals surface area contributed by atoms with Crippen LogP contribution in [0.2, 0.25) is 5.02 Å². The third-order valence-corrected chi connectivity index (χ3v) is 6.76. The number of benzene rings is 2. The number of nitrogens with zero attached hydrogens (tertiary/aromatic N) is 2. The van der Waals surface area contributed by atoms with Gasteiger partial charge in [0.2, 0.25) is 21.8 Å². The lowest BCUT2D eigenvalue weighted by Gasteiger charge is -2.31. The molecule has 0 saturated heterocycles. The summed E-state index contributed by atoms with van der Waals surface area (Å²) in [5.41, 5.74) is -0.780. The molecule has 0 aliphatic carbocycles. The first-order chi connectivity index (χ1) is 16.7. The molecule has 198 valence electrons. The minimum Gasteiger partial charge on any atom is -0.354 e. The molecule has 0 heterocycles. The standard InChI is InChI=1S/C24H29ClF3N3O4S/c1-4-5-12-29-23(33)17(2)30(15-18-8-6-10-20(25)13-18)22(32)16-31(36(3,34)35)21-11-7-9-19(14-21)24(26,27)28/h6-11,13-14,17H,4-5,12,15-16H2,1-3H3,(H,29,33)/t17-/m1/s1. The van der Waals surface area contributed by atoms with Crippen molar-refractivity contribution in [1.29, 1.82) is 0 Å². The number of halogens is 4. The maximum absolute atomic E-state index is 13.4. The van der Waals surface area contributed by atoms with Crippen molar-refractivity contribution in [3.63, 3.8) is 0 Å². The Bertz CT molecular complexity index is 1180. The van der Waals surface area contributed by atoms with Crippen molar-refractivity contribution in [2.75, 3.05) is 23.7 Å². The van der Waals surface area contributed by atoms with Crippen LogP contribution in [-0.2, 0) is 32.3 Å². The number of hydrogen-bond acceptors (Lipinski definition) is 4. The Morgan fingerprint density at radius 3 is 2.36 bits per heavy atom. The number of unbranched alkanes of at least 4 members (excludes halogenated alkanes) is 1. The molecule has 1 N–H and O–H groups in total. The van der Waals surface area contributed by atoms with Crippen molar-refractivity contribution in [1.82, 2.24) is 10.2 Å². The lowest BCUT2D eigenvalue weighted by atomic mass is 10.1. The van der Waals surface area contributed by atoms with Crippen LogP contribution in [0.4, 0.5) is 18.9 Å². The van der Waals surface area contributed by atoms with Gasteiger partial charge in [-0.05, 0) is 49.2 Å². The van der Waals surface area contributed by atoms with Crippen LogP contribution in [-0.4, -0.2) is 50.5 Å². The average molecular weight is 548 g/mol. The molecule has 0 saturated carbocycles. The van der Waals surface area contributed by atoms with E-state index in [1.807, 2.05) is 6.92 Å². The second kappa shape index (κ2) is 12.4. The van der Waals surface area contributed by atoms with Gasteiger partial charge in [-0.1, -0.05) is 43.1 Å². The van der Waals surface area contributed by atoms with Gasteiger partial charge in [0.15, 0.2) is 0 Å². The van der Waals surface area contributed by atoms with E-state index in [0.29, 0.717) is 27.5 Å².